The molecule has 27 heavy (non-hydrogen) atoms. The molecule has 0 aliphatic rings. The molecule has 0 spiro atoms. The van der Waals surface area contributed by atoms with Crippen LogP contribution in [0.4, 0.5) is 23.1 Å². The number of hydrogen-bond acceptors (Lipinski definition) is 5. The van der Waals surface area contributed by atoms with Gasteiger partial charge in [-0.15, -0.1) is 0 Å². The molecule has 0 amide bonds. The summed E-state index contributed by atoms with van der Waals surface area (Å²) in [5.41, 5.74) is 4.09. The molecule has 4 rings (SSSR count). The first-order valence-electron chi connectivity index (χ1n) is 9.00. The fourth-order valence-electron chi connectivity index (χ4n) is 2.91. The summed E-state index contributed by atoms with van der Waals surface area (Å²) in [6.07, 6.45) is 3.52. The van der Waals surface area contributed by atoms with Gasteiger partial charge >= 0.3 is 0 Å². The molecule has 5 nitrogen and oxygen atoms in total. The first-order chi connectivity index (χ1) is 13.2. The van der Waals surface area contributed by atoms with E-state index in [0.717, 1.165) is 28.1 Å². The van der Waals surface area contributed by atoms with Gasteiger partial charge in [-0.3, -0.25) is 4.98 Å². The summed E-state index contributed by atoms with van der Waals surface area (Å²) in [4.78, 5) is 13.4. The number of pyridine rings is 1. The maximum Gasteiger partial charge on any atom is 0.229 e. The smallest absolute Gasteiger partial charge is 0.229 e. The molecule has 0 bridgehead atoms. The summed E-state index contributed by atoms with van der Waals surface area (Å²) in [6.45, 7) is 4.37. The molecule has 4 aromatic rings. The number of fused-ring (bicyclic) bond motifs is 1. The van der Waals surface area contributed by atoms with Crippen molar-refractivity contribution in [3.05, 3.63) is 78.6 Å². The van der Waals surface area contributed by atoms with Crippen LogP contribution >= 0.6 is 0 Å². The van der Waals surface area contributed by atoms with E-state index in [9.17, 15) is 0 Å². The van der Waals surface area contributed by atoms with Crippen molar-refractivity contribution in [2.75, 3.05) is 10.6 Å². The van der Waals surface area contributed by atoms with Crippen LogP contribution in [0.2, 0.25) is 0 Å². The Bertz CT molecular complexity index is 1050. The number of para-hydroxylation sites is 1. The molecule has 2 aromatic carbocycles. The van der Waals surface area contributed by atoms with Crippen molar-refractivity contribution < 1.29 is 0 Å². The summed E-state index contributed by atoms with van der Waals surface area (Å²) in [5, 5.41) is 7.67. The van der Waals surface area contributed by atoms with E-state index in [1.807, 2.05) is 36.4 Å². The van der Waals surface area contributed by atoms with Crippen molar-refractivity contribution in [3.8, 4) is 0 Å². The molecule has 0 radical (unpaired) electrons. The third-order valence-electron chi connectivity index (χ3n) is 4.38. The standard InChI is InChI=1S/C22H21N5/c1-15(2)16-8-10-18(11-9-16)25-20-12-14-24-22(27-20)26-19-7-3-5-17-6-4-13-23-21(17)19/h3-15H,1-2H3,(H2,24,25,26,27). The van der Waals surface area contributed by atoms with E-state index in [4.69, 9.17) is 0 Å². The molecule has 134 valence electrons. The van der Waals surface area contributed by atoms with Crippen molar-refractivity contribution >= 4 is 34.0 Å². The van der Waals surface area contributed by atoms with Crippen LogP contribution in [0.25, 0.3) is 10.9 Å². The van der Waals surface area contributed by atoms with Gasteiger partial charge in [0.2, 0.25) is 5.95 Å². The highest BCUT2D eigenvalue weighted by atomic mass is 15.1. The molecule has 5 heteroatoms. The molecule has 2 heterocycles. The molecule has 0 atom stereocenters. The zero-order valence-electron chi connectivity index (χ0n) is 15.3. The summed E-state index contributed by atoms with van der Waals surface area (Å²) < 4.78 is 0. The predicted molar refractivity (Wildman–Crippen MR) is 111 cm³/mol. The highest BCUT2D eigenvalue weighted by Crippen LogP contribution is 2.24. The second kappa shape index (κ2) is 7.41. The molecule has 0 unspecified atom stereocenters. The summed E-state index contributed by atoms with van der Waals surface area (Å²) in [6, 6.07) is 20.2. The van der Waals surface area contributed by atoms with Crippen LogP contribution in [0.5, 0.6) is 0 Å². The maximum atomic E-state index is 4.57. The van der Waals surface area contributed by atoms with Gasteiger partial charge in [0.25, 0.3) is 0 Å². The maximum absolute atomic E-state index is 4.57. The summed E-state index contributed by atoms with van der Waals surface area (Å²) in [7, 11) is 0. The fraction of sp³-hybridized carbons (Fsp3) is 0.136. The monoisotopic (exact) mass is 355 g/mol. The minimum Gasteiger partial charge on any atom is -0.340 e. The Hall–Kier alpha value is -3.47. The van der Waals surface area contributed by atoms with Gasteiger partial charge in [0.05, 0.1) is 11.2 Å². The largest absolute Gasteiger partial charge is 0.340 e. The summed E-state index contributed by atoms with van der Waals surface area (Å²) >= 11 is 0. The molecular weight excluding hydrogens is 334 g/mol. The zero-order valence-corrected chi connectivity index (χ0v) is 15.3. The van der Waals surface area contributed by atoms with E-state index in [0.29, 0.717) is 11.9 Å². The highest BCUT2D eigenvalue weighted by Gasteiger charge is 2.05. The van der Waals surface area contributed by atoms with Gasteiger partial charge in [0.15, 0.2) is 0 Å². The quantitative estimate of drug-likeness (QED) is 0.485. The van der Waals surface area contributed by atoms with Crippen LogP contribution in [-0.4, -0.2) is 15.0 Å². The minimum atomic E-state index is 0.517. The SMILES string of the molecule is CC(C)c1ccc(Nc2ccnc(Nc3cccc4cccnc34)n2)cc1. The molecule has 0 saturated heterocycles. The Morgan fingerprint density at radius 1 is 0.778 bits per heavy atom. The van der Waals surface area contributed by atoms with Crippen LogP contribution in [0.1, 0.15) is 25.3 Å². The van der Waals surface area contributed by atoms with E-state index in [1.54, 1.807) is 12.4 Å². The van der Waals surface area contributed by atoms with Crippen LogP contribution in [0, 0.1) is 0 Å². The molecular formula is C22H21N5. The van der Waals surface area contributed by atoms with E-state index in [1.165, 1.54) is 5.56 Å². The lowest BCUT2D eigenvalue weighted by Crippen LogP contribution is -2.01. The number of anilines is 4. The number of rotatable bonds is 5. The van der Waals surface area contributed by atoms with Crippen LogP contribution in [-0.2, 0) is 0 Å². The topological polar surface area (TPSA) is 62.7 Å². The normalized spacial score (nSPS) is 10.9. The Morgan fingerprint density at radius 2 is 1.59 bits per heavy atom. The average molecular weight is 355 g/mol. The second-order valence-electron chi connectivity index (χ2n) is 6.67. The first-order valence-corrected chi connectivity index (χ1v) is 9.00. The highest BCUT2D eigenvalue weighted by molar-refractivity contribution is 5.91. The molecule has 2 N–H and O–H groups in total. The zero-order chi connectivity index (χ0) is 18.6. The fourth-order valence-corrected chi connectivity index (χ4v) is 2.91. The minimum absolute atomic E-state index is 0.517. The van der Waals surface area contributed by atoms with E-state index >= 15 is 0 Å². The molecule has 0 saturated carbocycles. The predicted octanol–water partition coefficient (Wildman–Crippen LogP) is 5.64. The van der Waals surface area contributed by atoms with Crippen LogP contribution in [0.3, 0.4) is 0 Å². The van der Waals surface area contributed by atoms with E-state index in [-0.39, 0.29) is 0 Å². The van der Waals surface area contributed by atoms with Crippen LogP contribution in [0.15, 0.2) is 73.1 Å². The Kier molecular flexibility index (Phi) is 4.66. The number of nitrogens with one attached hydrogen (secondary N) is 2. The van der Waals surface area contributed by atoms with E-state index < -0.39 is 0 Å². The number of aromatic nitrogens is 3. The number of benzene rings is 2. The van der Waals surface area contributed by atoms with Gasteiger partial charge in [-0.2, -0.15) is 4.98 Å². The first kappa shape index (κ1) is 17.0. The van der Waals surface area contributed by atoms with Gasteiger partial charge in [-0.1, -0.05) is 44.2 Å². The summed E-state index contributed by atoms with van der Waals surface area (Å²) in [5.74, 6) is 1.78. The molecule has 0 aliphatic carbocycles. The molecule has 2 aromatic heterocycles. The van der Waals surface area contributed by atoms with Gasteiger partial charge < -0.3 is 10.6 Å². The lowest BCUT2D eigenvalue weighted by atomic mass is 10.0. The van der Waals surface area contributed by atoms with Gasteiger partial charge in [0, 0.05) is 23.5 Å². The van der Waals surface area contributed by atoms with Gasteiger partial charge in [-0.25, -0.2) is 4.98 Å². The Morgan fingerprint density at radius 3 is 2.41 bits per heavy atom. The van der Waals surface area contributed by atoms with Crippen molar-refractivity contribution in [3.63, 3.8) is 0 Å². The number of nitrogens with zero attached hydrogens (tertiary/aromatic N) is 3. The third kappa shape index (κ3) is 3.87. The van der Waals surface area contributed by atoms with E-state index in [2.05, 4.69) is 63.7 Å². The third-order valence-corrected chi connectivity index (χ3v) is 4.38. The lowest BCUT2D eigenvalue weighted by molar-refractivity contribution is 0.867. The van der Waals surface area contributed by atoms with Gasteiger partial charge in [0.1, 0.15) is 5.82 Å². The second-order valence-corrected chi connectivity index (χ2v) is 6.67. The van der Waals surface area contributed by atoms with Crippen molar-refractivity contribution in [1.29, 1.82) is 0 Å². The van der Waals surface area contributed by atoms with Crippen LogP contribution < -0.4 is 10.6 Å². The van der Waals surface area contributed by atoms with Crippen molar-refractivity contribution in [1.82, 2.24) is 15.0 Å². The van der Waals surface area contributed by atoms with Crippen molar-refractivity contribution in [2.45, 2.75) is 19.8 Å². The van der Waals surface area contributed by atoms with Gasteiger partial charge in [-0.05, 0) is 41.8 Å². The average Bonchev–Trinajstić information content (AvgIpc) is 2.69. The molecule has 0 aliphatic heterocycles. The lowest BCUT2D eigenvalue weighted by Gasteiger charge is -2.11. The number of hydrogen-bond donors (Lipinski definition) is 2. The molecule has 0 fully saturated rings. The Labute approximate surface area is 158 Å². The Balaban J connectivity index is 1.55. The van der Waals surface area contributed by atoms with Crippen molar-refractivity contribution in [2.24, 2.45) is 0 Å².